The maximum absolute atomic E-state index is 13.3. The summed E-state index contributed by atoms with van der Waals surface area (Å²) in [5.74, 6) is -1.88. The molecule has 1 saturated heterocycles. The van der Waals surface area contributed by atoms with Crippen molar-refractivity contribution in [1.82, 2.24) is 15.1 Å². The van der Waals surface area contributed by atoms with E-state index >= 15 is 0 Å². The van der Waals surface area contributed by atoms with Crippen molar-refractivity contribution in [1.29, 1.82) is 0 Å². The van der Waals surface area contributed by atoms with Crippen LogP contribution in [0.1, 0.15) is 36.0 Å². The van der Waals surface area contributed by atoms with Crippen LogP contribution in [0.3, 0.4) is 0 Å². The summed E-state index contributed by atoms with van der Waals surface area (Å²) in [6.07, 6.45) is 1.81. The van der Waals surface area contributed by atoms with E-state index in [2.05, 4.69) is 10.6 Å². The van der Waals surface area contributed by atoms with Gasteiger partial charge >= 0.3 is 6.03 Å². The maximum Gasteiger partial charge on any atom is 0.323 e. The molecule has 1 aliphatic carbocycles. The number of anilines is 1. The van der Waals surface area contributed by atoms with E-state index in [4.69, 9.17) is 5.73 Å². The molecule has 1 unspecified atom stereocenters. The normalized spacial score (nSPS) is 22.4. The number of nitrogens with one attached hydrogen (secondary N) is 2. The first-order chi connectivity index (χ1) is 16.3. The molecule has 1 aliphatic heterocycles. The highest BCUT2D eigenvalue weighted by atomic mass is 19.1. The van der Waals surface area contributed by atoms with Gasteiger partial charge in [0.2, 0.25) is 0 Å². The summed E-state index contributed by atoms with van der Waals surface area (Å²) in [6, 6.07) is 9.68. The molecule has 34 heavy (non-hydrogen) atoms. The molecule has 2 aromatic carbocycles. The van der Waals surface area contributed by atoms with Crippen molar-refractivity contribution < 1.29 is 23.2 Å². The van der Waals surface area contributed by atoms with Crippen molar-refractivity contribution >= 4 is 23.5 Å². The van der Waals surface area contributed by atoms with Gasteiger partial charge in [0.15, 0.2) is 6.17 Å². The second kappa shape index (κ2) is 10.2. The largest absolute Gasteiger partial charge is 0.350 e. The van der Waals surface area contributed by atoms with Crippen molar-refractivity contribution in [3.63, 3.8) is 0 Å². The molecule has 4 amide bonds. The molecule has 2 aromatic rings. The number of rotatable bonds is 4. The quantitative estimate of drug-likeness (QED) is 0.637. The van der Waals surface area contributed by atoms with Crippen LogP contribution in [0.15, 0.2) is 48.5 Å². The first-order valence-electron chi connectivity index (χ1n) is 11.3. The third-order valence-electron chi connectivity index (χ3n) is 6.23. The van der Waals surface area contributed by atoms with E-state index in [0.29, 0.717) is 18.5 Å². The molecular formula is C24H27F2N5O3. The maximum atomic E-state index is 13.3. The number of benzene rings is 2. The van der Waals surface area contributed by atoms with Crippen LogP contribution in [-0.2, 0) is 4.79 Å². The first kappa shape index (κ1) is 23.6. The van der Waals surface area contributed by atoms with E-state index in [1.165, 1.54) is 58.3 Å². The van der Waals surface area contributed by atoms with Crippen LogP contribution in [0.25, 0.3) is 0 Å². The van der Waals surface area contributed by atoms with E-state index in [1.54, 1.807) is 0 Å². The van der Waals surface area contributed by atoms with Gasteiger partial charge in [-0.2, -0.15) is 0 Å². The van der Waals surface area contributed by atoms with Gasteiger partial charge in [-0.25, -0.2) is 13.6 Å². The van der Waals surface area contributed by atoms with Gasteiger partial charge in [0.1, 0.15) is 11.6 Å². The van der Waals surface area contributed by atoms with Crippen LogP contribution >= 0.6 is 0 Å². The Kier molecular flexibility index (Phi) is 7.06. The highest BCUT2D eigenvalue weighted by molar-refractivity contribution is 6.00. The summed E-state index contributed by atoms with van der Waals surface area (Å²) < 4.78 is 26.6. The predicted octanol–water partition coefficient (Wildman–Crippen LogP) is 2.67. The molecule has 2 aliphatic rings. The van der Waals surface area contributed by atoms with Gasteiger partial charge in [-0.05, 0) is 74.2 Å². The molecule has 0 aromatic heterocycles. The minimum atomic E-state index is -1.19. The minimum absolute atomic E-state index is 0.0994. The monoisotopic (exact) mass is 471 g/mol. The topological polar surface area (TPSA) is 108 Å². The van der Waals surface area contributed by atoms with Gasteiger partial charge in [0.25, 0.3) is 11.8 Å². The van der Waals surface area contributed by atoms with Crippen molar-refractivity contribution in [2.75, 3.05) is 18.4 Å². The molecule has 0 radical (unpaired) electrons. The fourth-order valence-electron chi connectivity index (χ4n) is 4.36. The van der Waals surface area contributed by atoms with Crippen LogP contribution in [0, 0.1) is 11.6 Å². The van der Waals surface area contributed by atoms with Crippen molar-refractivity contribution in [2.24, 2.45) is 5.73 Å². The first-order valence-corrected chi connectivity index (χ1v) is 11.3. The highest BCUT2D eigenvalue weighted by Gasteiger charge is 2.43. The average Bonchev–Trinajstić information content (AvgIpc) is 3.28. The lowest BCUT2D eigenvalue weighted by molar-refractivity contribution is -0.128. The fourth-order valence-corrected chi connectivity index (χ4v) is 4.36. The number of urea groups is 1. The van der Waals surface area contributed by atoms with Crippen LogP contribution in [0.5, 0.6) is 0 Å². The fraction of sp³-hybridized carbons (Fsp3) is 0.375. The zero-order valence-electron chi connectivity index (χ0n) is 18.5. The standard InChI is InChI=1S/C24H27F2N5O3/c25-16-3-1-15(2-4-16)23(33)30-13-14-31(24(34)29-20-9-5-17(26)6-10-20)22(30)21(32)28-19-11-7-18(27)8-12-19/h1-6,9-10,18-19,22H,7-8,11-14,27H2,(H,28,32)(H,29,34). The summed E-state index contributed by atoms with van der Waals surface area (Å²) in [5, 5.41) is 5.61. The number of halogens is 2. The summed E-state index contributed by atoms with van der Waals surface area (Å²) in [7, 11) is 0. The molecular weight excluding hydrogens is 444 g/mol. The Morgan fingerprint density at radius 3 is 2.00 bits per heavy atom. The zero-order valence-corrected chi connectivity index (χ0v) is 18.5. The molecule has 8 nitrogen and oxygen atoms in total. The van der Waals surface area contributed by atoms with Gasteiger partial charge in [-0.3, -0.25) is 14.5 Å². The van der Waals surface area contributed by atoms with E-state index in [1.807, 2.05) is 0 Å². The molecule has 2 fully saturated rings. The molecule has 10 heteroatoms. The van der Waals surface area contributed by atoms with E-state index in [0.717, 1.165) is 12.8 Å². The Morgan fingerprint density at radius 2 is 1.38 bits per heavy atom. The summed E-state index contributed by atoms with van der Waals surface area (Å²) in [6.45, 7) is 0.244. The zero-order chi connectivity index (χ0) is 24.2. The van der Waals surface area contributed by atoms with Crippen LogP contribution in [0.2, 0.25) is 0 Å². The van der Waals surface area contributed by atoms with Crippen LogP contribution in [-0.4, -0.2) is 59.0 Å². The molecule has 1 atom stereocenters. The van der Waals surface area contributed by atoms with Gasteiger partial charge in [0.05, 0.1) is 0 Å². The Bertz CT molecular complexity index is 1040. The summed E-state index contributed by atoms with van der Waals surface area (Å²) >= 11 is 0. The summed E-state index contributed by atoms with van der Waals surface area (Å²) in [4.78, 5) is 42.1. The van der Waals surface area contributed by atoms with E-state index in [-0.39, 0.29) is 30.7 Å². The lowest BCUT2D eigenvalue weighted by Crippen LogP contribution is -2.56. The third kappa shape index (κ3) is 5.33. The second-order valence-corrected chi connectivity index (χ2v) is 8.63. The molecule has 0 bridgehead atoms. The van der Waals surface area contributed by atoms with Gasteiger partial charge in [-0.1, -0.05) is 0 Å². The molecule has 0 spiro atoms. The Balaban J connectivity index is 1.54. The van der Waals surface area contributed by atoms with Crippen molar-refractivity contribution in [2.45, 2.75) is 43.9 Å². The number of amides is 4. The van der Waals surface area contributed by atoms with Crippen molar-refractivity contribution in [3.8, 4) is 0 Å². The van der Waals surface area contributed by atoms with Crippen LogP contribution < -0.4 is 16.4 Å². The van der Waals surface area contributed by atoms with Gasteiger partial charge < -0.3 is 21.3 Å². The van der Waals surface area contributed by atoms with E-state index in [9.17, 15) is 23.2 Å². The molecule has 4 rings (SSSR count). The lowest BCUT2D eigenvalue weighted by Gasteiger charge is -2.32. The van der Waals surface area contributed by atoms with Gasteiger partial charge in [0, 0.05) is 36.4 Å². The predicted molar refractivity (Wildman–Crippen MR) is 122 cm³/mol. The Morgan fingerprint density at radius 1 is 0.824 bits per heavy atom. The van der Waals surface area contributed by atoms with E-state index < -0.39 is 35.6 Å². The SMILES string of the molecule is NC1CCC(NC(=O)C2N(C(=O)Nc3ccc(F)cc3)CCN2C(=O)c2ccc(F)cc2)CC1. The summed E-state index contributed by atoms with van der Waals surface area (Å²) in [5.41, 5.74) is 6.52. The number of nitrogens with two attached hydrogens (primary N) is 1. The number of hydrogen-bond donors (Lipinski definition) is 3. The number of carbonyl (C=O) groups is 3. The number of nitrogens with zero attached hydrogens (tertiary/aromatic N) is 2. The molecule has 1 heterocycles. The average molecular weight is 472 g/mol. The Hall–Kier alpha value is -3.53. The second-order valence-electron chi connectivity index (χ2n) is 8.63. The smallest absolute Gasteiger partial charge is 0.323 e. The van der Waals surface area contributed by atoms with Gasteiger partial charge in [-0.15, -0.1) is 0 Å². The third-order valence-corrected chi connectivity index (χ3v) is 6.23. The Labute approximate surface area is 196 Å². The highest BCUT2D eigenvalue weighted by Crippen LogP contribution is 2.23. The molecule has 180 valence electrons. The van der Waals surface area contributed by atoms with Crippen LogP contribution in [0.4, 0.5) is 19.3 Å². The lowest BCUT2D eigenvalue weighted by atomic mass is 9.92. The minimum Gasteiger partial charge on any atom is -0.350 e. The molecule has 4 N–H and O–H groups in total. The van der Waals surface area contributed by atoms with Crippen molar-refractivity contribution in [3.05, 3.63) is 65.7 Å². The molecule has 1 saturated carbocycles. The number of hydrogen-bond acceptors (Lipinski definition) is 4. The number of carbonyl (C=O) groups excluding carboxylic acids is 3.